The van der Waals surface area contributed by atoms with Crippen LogP contribution in [0.15, 0.2) is 42.5 Å². The second-order valence-electron chi connectivity index (χ2n) is 11.8. The first-order valence-electron chi connectivity index (χ1n) is 14.1. The second kappa shape index (κ2) is 10.2. The molecule has 3 fully saturated rings. The summed E-state index contributed by atoms with van der Waals surface area (Å²) < 4.78 is 39.1. The van der Waals surface area contributed by atoms with Gasteiger partial charge in [-0.3, -0.25) is 24.6 Å². The van der Waals surface area contributed by atoms with Crippen LogP contribution in [0.4, 0.5) is 13.2 Å². The molecule has 2 unspecified atom stereocenters. The Balaban J connectivity index is 1.24. The molecule has 41 heavy (non-hydrogen) atoms. The van der Waals surface area contributed by atoms with Gasteiger partial charge in [0, 0.05) is 43.6 Å². The van der Waals surface area contributed by atoms with Crippen molar-refractivity contribution >= 4 is 17.7 Å². The van der Waals surface area contributed by atoms with Crippen LogP contribution in [-0.2, 0) is 34.5 Å². The summed E-state index contributed by atoms with van der Waals surface area (Å²) in [5.74, 6) is -1.05. The van der Waals surface area contributed by atoms with Gasteiger partial charge in [-0.05, 0) is 73.7 Å². The molecule has 3 amide bonds. The van der Waals surface area contributed by atoms with Gasteiger partial charge in [-0.1, -0.05) is 24.3 Å². The molecular weight excluding hydrogens is 537 g/mol. The highest BCUT2D eigenvalue weighted by Gasteiger charge is 2.55. The number of imide groups is 1. The zero-order valence-corrected chi connectivity index (χ0v) is 22.6. The minimum Gasteiger partial charge on any atom is -0.384 e. The maximum absolute atomic E-state index is 13.2. The third-order valence-electron chi connectivity index (χ3n) is 9.44. The fourth-order valence-electron chi connectivity index (χ4n) is 7.17. The summed E-state index contributed by atoms with van der Waals surface area (Å²) in [7, 11) is 0. The summed E-state index contributed by atoms with van der Waals surface area (Å²) in [5.41, 5.74) is 0.467. The lowest BCUT2D eigenvalue weighted by molar-refractivity contribution is -0.156. The number of carbonyl (C=O) groups excluding carboxylic acids is 3. The molecule has 1 spiro atoms. The number of piperidine rings is 3. The van der Waals surface area contributed by atoms with Crippen molar-refractivity contribution in [1.29, 1.82) is 0 Å². The van der Waals surface area contributed by atoms with Crippen molar-refractivity contribution in [3.05, 3.63) is 70.3 Å². The maximum atomic E-state index is 13.2. The lowest BCUT2D eigenvalue weighted by Gasteiger charge is -2.56. The van der Waals surface area contributed by atoms with Crippen molar-refractivity contribution in [3.63, 3.8) is 0 Å². The molecule has 218 valence electrons. The van der Waals surface area contributed by atoms with Gasteiger partial charge >= 0.3 is 6.18 Å². The number of likely N-dealkylation sites (tertiary alicyclic amines) is 1. The van der Waals surface area contributed by atoms with Gasteiger partial charge in [0.05, 0.1) is 11.2 Å². The monoisotopic (exact) mass is 570 g/mol. The molecule has 4 aliphatic heterocycles. The average Bonchev–Trinajstić information content (AvgIpc) is 3.26. The van der Waals surface area contributed by atoms with Gasteiger partial charge in [-0.15, -0.1) is 0 Å². The average molecular weight is 571 g/mol. The number of amides is 3. The van der Waals surface area contributed by atoms with E-state index < -0.39 is 34.7 Å². The van der Waals surface area contributed by atoms with Gasteiger partial charge in [0.1, 0.15) is 6.04 Å². The fourth-order valence-corrected chi connectivity index (χ4v) is 7.17. The van der Waals surface area contributed by atoms with Crippen LogP contribution in [0.25, 0.3) is 0 Å². The van der Waals surface area contributed by atoms with Crippen molar-refractivity contribution in [2.75, 3.05) is 26.2 Å². The number of benzene rings is 2. The first-order chi connectivity index (χ1) is 19.5. The quantitative estimate of drug-likeness (QED) is 0.489. The lowest BCUT2D eigenvalue weighted by Crippen LogP contribution is -2.61. The number of hydrogen-bond acceptors (Lipinski definition) is 6. The Bertz CT molecular complexity index is 1370. The van der Waals surface area contributed by atoms with Gasteiger partial charge in [0.25, 0.3) is 5.91 Å². The van der Waals surface area contributed by atoms with Gasteiger partial charge in [-0.25, -0.2) is 0 Å². The predicted octanol–water partition coefficient (Wildman–Crippen LogP) is 2.93. The minimum absolute atomic E-state index is 0.182. The largest absolute Gasteiger partial charge is 0.416 e. The summed E-state index contributed by atoms with van der Waals surface area (Å²) in [4.78, 5) is 41.0. The molecule has 0 radical (unpaired) electrons. The van der Waals surface area contributed by atoms with Crippen LogP contribution in [0, 0.1) is 5.41 Å². The van der Waals surface area contributed by atoms with Crippen LogP contribution in [0.5, 0.6) is 0 Å². The summed E-state index contributed by atoms with van der Waals surface area (Å²) >= 11 is 0. The first kappa shape index (κ1) is 27.9. The van der Waals surface area contributed by atoms with Crippen molar-refractivity contribution < 1.29 is 32.7 Å². The van der Waals surface area contributed by atoms with Crippen molar-refractivity contribution in [2.24, 2.45) is 5.41 Å². The van der Waals surface area contributed by atoms with Crippen LogP contribution in [0.2, 0.25) is 0 Å². The van der Waals surface area contributed by atoms with E-state index in [4.69, 9.17) is 0 Å². The zero-order chi connectivity index (χ0) is 29.0. The van der Waals surface area contributed by atoms with Gasteiger partial charge in [0.2, 0.25) is 11.8 Å². The molecule has 3 saturated heterocycles. The SMILES string of the molecule is O=C1CCC(N2Cc3cc(C4(O)CCN(Cc5ccc(C(F)(F)F)cc5)CC45CCNCC5)ccc3C2=O)C(=O)N1. The molecule has 8 nitrogen and oxygen atoms in total. The number of hydrogen-bond donors (Lipinski definition) is 3. The topological polar surface area (TPSA) is 102 Å². The summed E-state index contributed by atoms with van der Waals surface area (Å²) in [5, 5.41) is 18.1. The molecule has 0 bridgehead atoms. The van der Waals surface area contributed by atoms with Crippen LogP contribution in [0.1, 0.15) is 64.7 Å². The van der Waals surface area contributed by atoms with E-state index in [1.807, 2.05) is 12.1 Å². The Morgan fingerprint density at radius 1 is 1.00 bits per heavy atom. The number of nitrogens with one attached hydrogen (secondary N) is 2. The van der Waals surface area contributed by atoms with E-state index >= 15 is 0 Å². The maximum Gasteiger partial charge on any atom is 0.416 e. The highest BCUT2D eigenvalue weighted by molar-refractivity contribution is 6.05. The highest BCUT2D eigenvalue weighted by atomic mass is 19.4. The van der Waals surface area contributed by atoms with E-state index in [-0.39, 0.29) is 31.2 Å². The number of alkyl halides is 3. The van der Waals surface area contributed by atoms with Crippen LogP contribution in [-0.4, -0.2) is 64.8 Å². The van der Waals surface area contributed by atoms with Crippen LogP contribution >= 0.6 is 0 Å². The molecular formula is C30H33F3N4O4. The highest BCUT2D eigenvalue weighted by Crippen LogP contribution is 2.52. The molecule has 0 saturated carbocycles. The van der Waals surface area contributed by atoms with Crippen molar-refractivity contribution in [3.8, 4) is 0 Å². The van der Waals surface area contributed by atoms with E-state index in [2.05, 4.69) is 15.5 Å². The molecule has 11 heteroatoms. The van der Waals surface area contributed by atoms with Crippen LogP contribution in [0.3, 0.4) is 0 Å². The standard InChI is InChI=1S/C30H33F3N4O4/c31-30(32,33)21-3-1-19(2-4-21)16-36-14-11-29(41,28(18-36)9-12-34-13-10-28)22-5-6-23-20(15-22)17-37(27(23)40)24-7-8-25(38)35-26(24)39/h1-6,15,24,34,41H,7-14,16-18H2,(H,35,38,39). The number of nitrogens with zero attached hydrogens (tertiary/aromatic N) is 2. The molecule has 4 heterocycles. The number of fused-ring (bicyclic) bond motifs is 1. The van der Waals surface area contributed by atoms with E-state index in [9.17, 15) is 32.7 Å². The third-order valence-corrected chi connectivity index (χ3v) is 9.44. The first-order valence-corrected chi connectivity index (χ1v) is 14.1. The summed E-state index contributed by atoms with van der Waals surface area (Å²) in [6, 6.07) is 10.0. The van der Waals surface area contributed by atoms with E-state index in [0.29, 0.717) is 31.6 Å². The number of rotatable bonds is 4. The van der Waals surface area contributed by atoms with E-state index in [1.54, 1.807) is 6.07 Å². The third kappa shape index (κ3) is 4.93. The van der Waals surface area contributed by atoms with Crippen LogP contribution < -0.4 is 10.6 Å². The van der Waals surface area contributed by atoms with E-state index in [0.717, 1.165) is 54.8 Å². The van der Waals surface area contributed by atoms with Gasteiger partial charge < -0.3 is 15.3 Å². The molecule has 2 aromatic carbocycles. The molecule has 0 aliphatic carbocycles. The number of carbonyl (C=O) groups is 3. The van der Waals surface area contributed by atoms with Gasteiger partial charge in [-0.2, -0.15) is 13.2 Å². The Morgan fingerprint density at radius 2 is 1.73 bits per heavy atom. The predicted molar refractivity (Wildman–Crippen MR) is 142 cm³/mol. The summed E-state index contributed by atoms with van der Waals surface area (Å²) in [6.07, 6.45) is -2.01. The molecule has 6 rings (SSSR count). The lowest BCUT2D eigenvalue weighted by atomic mass is 9.59. The molecule has 2 aromatic rings. The summed E-state index contributed by atoms with van der Waals surface area (Å²) in [6.45, 7) is 3.35. The molecule has 2 atom stereocenters. The molecule has 3 N–H and O–H groups in total. The number of halogens is 3. The Labute approximate surface area is 235 Å². The minimum atomic E-state index is -4.38. The normalized spacial score (nSPS) is 26.8. The van der Waals surface area contributed by atoms with Crippen molar-refractivity contribution in [2.45, 2.75) is 63.0 Å². The van der Waals surface area contributed by atoms with E-state index in [1.165, 1.54) is 17.0 Å². The molecule has 0 aromatic heterocycles. The Morgan fingerprint density at radius 3 is 2.41 bits per heavy atom. The Hall–Kier alpha value is -3.28. The smallest absolute Gasteiger partial charge is 0.384 e. The fraction of sp³-hybridized carbons (Fsp3) is 0.500. The second-order valence-corrected chi connectivity index (χ2v) is 11.8. The molecule has 4 aliphatic rings. The number of aliphatic hydroxyl groups is 1. The zero-order valence-electron chi connectivity index (χ0n) is 22.6. The Kier molecular flexibility index (Phi) is 6.94. The van der Waals surface area contributed by atoms with Crippen molar-refractivity contribution in [1.82, 2.24) is 20.4 Å². The van der Waals surface area contributed by atoms with Gasteiger partial charge in [0.15, 0.2) is 0 Å².